The first kappa shape index (κ1) is 10.3. The lowest BCUT2D eigenvalue weighted by atomic mass is 10.2. The van der Waals surface area contributed by atoms with Gasteiger partial charge in [-0.2, -0.15) is 0 Å². The number of hydrogen-bond donors (Lipinski definition) is 2. The molecule has 1 atom stereocenters. The van der Waals surface area contributed by atoms with Gasteiger partial charge in [-0.1, -0.05) is 15.9 Å². The number of aromatic amines is 1. The van der Waals surface area contributed by atoms with Crippen molar-refractivity contribution >= 4 is 26.8 Å². The Morgan fingerprint density at radius 3 is 2.93 bits per heavy atom. The van der Waals surface area contributed by atoms with E-state index in [4.69, 9.17) is 5.73 Å². The van der Waals surface area contributed by atoms with Crippen LogP contribution in [0.25, 0.3) is 10.9 Å². The lowest BCUT2D eigenvalue weighted by molar-refractivity contribution is 0.741. The fraction of sp³-hybridized carbons (Fsp3) is 0.200. The van der Waals surface area contributed by atoms with Crippen LogP contribution in [0.2, 0.25) is 0 Å². The molecule has 5 heteroatoms. The van der Waals surface area contributed by atoms with Crippen LogP contribution in [-0.4, -0.2) is 9.97 Å². The summed E-state index contributed by atoms with van der Waals surface area (Å²) >= 11 is 3.34. The summed E-state index contributed by atoms with van der Waals surface area (Å²) in [4.78, 5) is 18.6. The van der Waals surface area contributed by atoms with Crippen LogP contribution in [-0.2, 0) is 0 Å². The van der Waals surface area contributed by atoms with Crippen LogP contribution in [0.1, 0.15) is 18.8 Å². The van der Waals surface area contributed by atoms with Gasteiger partial charge >= 0.3 is 0 Å². The van der Waals surface area contributed by atoms with E-state index in [2.05, 4.69) is 25.9 Å². The summed E-state index contributed by atoms with van der Waals surface area (Å²) in [6.07, 6.45) is 0. The molecule has 0 aliphatic heterocycles. The highest BCUT2D eigenvalue weighted by Gasteiger charge is 2.06. The van der Waals surface area contributed by atoms with E-state index >= 15 is 0 Å². The van der Waals surface area contributed by atoms with Crippen molar-refractivity contribution < 1.29 is 0 Å². The third kappa shape index (κ3) is 1.93. The molecule has 0 amide bonds. The number of fused-ring (bicyclic) bond motifs is 1. The molecule has 1 unspecified atom stereocenters. The molecule has 0 fully saturated rings. The van der Waals surface area contributed by atoms with Crippen LogP contribution in [0.15, 0.2) is 27.5 Å². The van der Waals surface area contributed by atoms with E-state index in [1.54, 1.807) is 19.1 Å². The third-order valence-electron chi connectivity index (χ3n) is 2.12. The van der Waals surface area contributed by atoms with Gasteiger partial charge in [0.2, 0.25) is 0 Å². The Morgan fingerprint density at radius 2 is 2.27 bits per heavy atom. The van der Waals surface area contributed by atoms with Gasteiger partial charge in [-0.15, -0.1) is 0 Å². The topological polar surface area (TPSA) is 71.8 Å². The van der Waals surface area contributed by atoms with Crippen LogP contribution in [0.5, 0.6) is 0 Å². The van der Waals surface area contributed by atoms with E-state index in [9.17, 15) is 4.79 Å². The highest BCUT2D eigenvalue weighted by molar-refractivity contribution is 9.10. The van der Waals surface area contributed by atoms with Gasteiger partial charge in [0.1, 0.15) is 5.82 Å². The Labute approximate surface area is 94.7 Å². The first-order valence-electron chi connectivity index (χ1n) is 4.53. The Morgan fingerprint density at radius 1 is 1.53 bits per heavy atom. The molecule has 0 bridgehead atoms. The van der Waals surface area contributed by atoms with Gasteiger partial charge in [0.05, 0.1) is 16.9 Å². The molecule has 2 rings (SSSR count). The number of rotatable bonds is 1. The Hall–Kier alpha value is -1.20. The predicted octanol–water partition coefficient (Wildman–Crippen LogP) is 1.71. The summed E-state index contributed by atoms with van der Waals surface area (Å²) in [5.41, 5.74) is 6.17. The normalized spacial score (nSPS) is 13.0. The van der Waals surface area contributed by atoms with Gasteiger partial charge in [-0.05, 0) is 25.1 Å². The molecule has 0 radical (unpaired) electrons. The SMILES string of the molecule is CC(N)c1nc2cc(Br)ccc2c(=O)[nH]1. The maximum absolute atomic E-state index is 11.6. The molecule has 1 heterocycles. The number of nitrogens with zero attached hydrogens (tertiary/aromatic N) is 1. The first-order valence-corrected chi connectivity index (χ1v) is 5.32. The quantitative estimate of drug-likeness (QED) is 0.826. The second-order valence-electron chi connectivity index (χ2n) is 3.40. The maximum Gasteiger partial charge on any atom is 0.258 e. The molecule has 0 spiro atoms. The lowest BCUT2D eigenvalue weighted by Crippen LogP contribution is -2.17. The number of nitrogens with one attached hydrogen (secondary N) is 1. The smallest absolute Gasteiger partial charge is 0.258 e. The van der Waals surface area contributed by atoms with Crippen molar-refractivity contribution in [3.8, 4) is 0 Å². The monoisotopic (exact) mass is 267 g/mol. The minimum absolute atomic E-state index is 0.153. The van der Waals surface area contributed by atoms with E-state index in [1.165, 1.54) is 0 Å². The van der Waals surface area contributed by atoms with Gasteiger partial charge in [0.25, 0.3) is 5.56 Å². The van der Waals surface area contributed by atoms with Gasteiger partial charge in [0.15, 0.2) is 0 Å². The molecule has 3 N–H and O–H groups in total. The van der Waals surface area contributed by atoms with Crippen LogP contribution < -0.4 is 11.3 Å². The third-order valence-corrected chi connectivity index (χ3v) is 2.61. The molecular weight excluding hydrogens is 258 g/mol. The highest BCUT2D eigenvalue weighted by Crippen LogP contribution is 2.16. The number of H-pyrrole nitrogens is 1. The second kappa shape index (κ2) is 3.75. The van der Waals surface area contributed by atoms with Crippen molar-refractivity contribution in [3.05, 3.63) is 38.9 Å². The van der Waals surface area contributed by atoms with Gasteiger partial charge < -0.3 is 10.7 Å². The average molecular weight is 268 g/mol. The van der Waals surface area contributed by atoms with Crippen molar-refractivity contribution in [1.82, 2.24) is 9.97 Å². The Bertz CT molecular complexity index is 562. The molecule has 0 saturated carbocycles. The van der Waals surface area contributed by atoms with E-state index in [0.29, 0.717) is 16.7 Å². The van der Waals surface area contributed by atoms with Gasteiger partial charge in [-0.3, -0.25) is 4.79 Å². The van der Waals surface area contributed by atoms with Crippen molar-refractivity contribution in [1.29, 1.82) is 0 Å². The summed E-state index contributed by atoms with van der Waals surface area (Å²) in [6, 6.07) is 5.07. The fourth-order valence-electron chi connectivity index (χ4n) is 1.35. The molecule has 1 aromatic heterocycles. The van der Waals surface area contributed by atoms with E-state index in [0.717, 1.165) is 4.47 Å². The second-order valence-corrected chi connectivity index (χ2v) is 4.32. The van der Waals surface area contributed by atoms with E-state index in [1.807, 2.05) is 6.07 Å². The summed E-state index contributed by atoms with van der Waals surface area (Å²) < 4.78 is 0.892. The standard InChI is InChI=1S/C10H10BrN3O/c1-5(12)9-13-8-4-6(11)2-3-7(8)10(15)14-9/h2-5H,12H2,1H3,(H,13,14,15). The Kier molecular flexibility index (Phi) is 2.58. The molecule has 78 valence electrons. The van der Waals surface area contributed by atoms with E-state index in [-0.39, 0.29) is 11.6 Å². The summed E-state index contributed by atoms with van der Waals surface area (Å²) in [6.45, 7) is 1.78. The molecule has 2 aromatic rings. The van der Waals surface area contributed by atoms with Crippen LogP contribution >= 0.6 is 15.9 Å². The number of benzene rings is 1. The molecule has 4 nitrogen and oxygen atoms in total. The molecule has 15 heavy (non-hydrogen) atoms. The van der Waals surface area contributed by atoms with Crippen molar-refractivity contribution in [3.63, 3.8) is 0 Å². The number of aromatic nitrogens is 2. The highest BCUT2D eigenvalue weighted by atomic mass is 79.9. The van der Waals surface area contributed by atoms with Crippen LogP contribution in [0.4, 0.5) is 0 Å². The average Bonchev–Trinajstić information content (AvgIpc) is 2.16. The molecule has 0 saturated heterocycles. The zero-order valence-electron chi connectivity index (χ0n) is 8.12. The first-order chi connectivity index (χ1) is 7.08. The molecule has 1 aromatic carbocycles. The van der Waals surface area contributed by atoms with Crippen molar-refractivity contribution in [2.45, 2.75) is 13.0 Å². The minimum atomic E-state index is -0.277. The largest absolute Gasteiger partial charge is 0.322 e. The maximum atomic E-state index is 11.6. The van der Waals surface area contributed by atoms with Crippen molar-refractivity contribution in [2.24, 2.45) is 5.73 Å². The molecule has 0 aliphatic rings. The number of nitrogens with two attached hydrogens (primary N) is 1. The number of hydrogen-bond acceptors (Lipinski definition) is 3. The number of halogens is 1. The van der Waals surface area contributed by atoms with Gasteiger partial charge in [-0.25, -0.2) is 4.98 Å². The van der Waals surface area contributed by atoms with E-state index < -0.39 is 0 Å². The minimum Gasteiger partial charge on any atom is -0.322 e. The molecular formula is C10H10BrN3O. The van der Waals surface area contributed by atoms with Crippen LogP contribution in [0, 0.1) is 0 Å². The van der Waals surface area contributed by atoms with Crippen molar-refractivity contribution in [2.75, 3.05) is 0 Å². The van der Waals surface area contributed by atoms with Gasteiger partial charge in [0, 0.05) is 4.47 Å². The fourth-order valence-corrected chi connectivity index (χ4v) is 1.70. The summed E-state index contributed by atoms with van der Waals surface area (Å²) in [5, 5.41) is 0.572. The zero-order chi connectivity index (χ0) is 11.0. The van der Waals surface area contributed by atoms with Crippen LogP contribution in [0.3, 0.4) is 0 Å². The summed E-state index contributed by atoms with van der Waals surface area (Å²) in [5.74, 6) is 0.505. The zero-order valence-corrected chi connectivity index (χ0v) is 9.71. The predicted molar refractivity (Wildman–Crippen MR) is 62.7 cm³/mol. The lowest BCUT2D eigenvalue weighted by Gasteiger charge is -2.05. The molecule has 0 aliphatic carbocycles. The Balaban J connectivity index is 2.80. The summed E-state index contributed by atoms with van der Waals surface area (Å²) in [7, 11) is 0.